The highest BCUT2D eigenvalue weighted by atomic mass is 32.2. The molecule has 1 aromatic carbocycles. The number of fused-ring (bicyclic) bond motifs is 3. The van der Waals surface area contributed by atoms with Crippen LogP contribution in [0.25, 0.3) is 10.2 Å². The number of nitrogens with one attached hydrogen (secondary N) is 1. The van der Waals surface area contributed by atoms with E-state index >= 15 is 0 Å². The van der Waals surface area contributed by atoms with Gasteiger partial charge in [-0.2, -0.15) is 13.2 Å². The van der Waals surface area contributed by atoms with E-state index in [1.165, 1.54) is 16.2 Å². The molecule has 0 spiro atoms. The molecule has 170 valence electrons. The Morgan fingerprint density at radius 1 is 1.19 bits per heavy atom. The van der Waals surface area contributed by atoms with Crippen molar-refractivity contribution in [3.05, 3.63) is 56.7 Å². The van der Waals surface area contributed by atoms with Crippen LogP contribution in [-0.4, -0.2) is 33.9 Å². The van der Waals surface area contributed by atoms with Gasteiger partial charge in [-0.1, -0.05) is 42.1 Å². The number of aromatic nitrogens is 2. The Kier molecular flexibility index (Phi) is 6.90. The van der Waals surface area contributed by atoms with Crippen molar-refractivity contribution in [2.45, 2.75) is 50.0 Å². The topological polar surface area (TPSA) is 64.0 Å². The summed E-state index contributed by atoms with van der Waals surface area (Å²) in [6.07, 6.45) is 0.0555. The first-order chi connectivity index (χ1) is 15.3. The average molecular weight is 482 g/mol. The van der Waals surface area contributed by atoms with Gasteiger partial charge >= 0.3 is 6.18 Å². The van der Waals surface area contributed by atoms with Crippen molar-refractivity contribution >= 4 is 39.2 Å². The van der Waals surface area contributed by atoms with Gasteiger partial charge in [-0.25, -0.2) is 4.98 Å². The van der Waals surface area contributed by atoms with E-state index in [1.54, 1.807) is 4.57 Å². The van der Waals surface area contributed by atoms with E-state index in [0.717, 1.165) is 48.6 Å². The minimum absolute atomic E-state index is 0.136. The Morgan fingerprint density at radius 3 is 2.69 bits per heavy atom. The standard InChI is InChI=1S/C22H22F3N3O2S2/c23-22(24,25)13-26-17(29)12-31-21-27-19-18(15-8-4-5-9-16(15)32-19)20(30)28(21)11-10-14-6-2-1-3-7-14/h1-3,6-7H,4-5,8-13H2,(H,26,29). The van der Waals surface area contributed by atoms with Gasteiger partial charge in [0.15, 0.2) is 5.16 Å². The molecule has 1 amide bonds. The molecule has 32 heavy (non-hydrogen) atoms. The van der Waals surface area contributed by atoms with Crippen molar-refractivity contribution in [2.24, 2.45) is 0 Å². The predicted molar refractivity (Wildman–Crippen MR) is 120 cm³/mol. The van der Waals surface area contributed by atoms with Gasteiger partial charge in [0.1, 0.15) is 11.4 Å². The lowest BCUT2D eigenvalue weighted by Gasteiger charge is -2.14. The number of carbonyl (C=O) groups is 1. The van der Waals surface area contributed by atoms with E-state index in [-0.39, 0.29) is 11.3 Å². The van der Waals surface area contributed by atoms with Crippen molar-refractivity contribution in [3.8, 4) is 0 Å². The van der Waals surface area contributed by atoms with Crippen LogP contribution in [0.2, 0.25) is 0 Å². The molecule has 0 unspecified atom stereocenters. The lowest BCUT2D eigenvalue weighted by Crippen LogP contribution is -2.35. The molecular weight excluding hydrogens is 459 g/mol. The maximum Gasteiger partial charge on any atom is 0.405 e. The van der Waals surface area contributed by atoms with E-state index in [9.17, 15) is 22.8 Å². The molecule has 5 nitrogen and oxygen atoms in total. The number of nitrogens with zero attached hydrogens (tertiary/aromatic N) is 2. The smallest absolute Gasteiger partial charge is 0.346 e. The number of thioether (sulfide) groups is 1. The Labute approximate surface area is 191 Å². The molecule has 2 heterocycles. The number of alkyl halides is 3. The van der Waals surface area contributed by atoms with Crippen molar-refractivity contribution in [1.29, 1.82) is 0 Å². The van der Waals surface area contributed by atoms with E-state index in [4.69, 9.17) is 0 Å². The molecule has 10 heteroatoms. The third-order valence-electron chi connectivity index (χ3n) is 5.33. The molecule has 0 radical (unpaired) electrons. The number of carbonyl (C=O) groups excluding carboxylic acids is 1. The number of thiophene rings is 1. The van der Waals surface area contributed by atoms with Crippen molar-refractivity contribution in [3.63, 3.8) is 0 Å². The second-order valence-corrected chi connectivity index (χ2v) is 9.68. The number of amides is 1. The molecule has 1 N–H and O–H groups in total. The fourth-order valence-corrected chi connectivity index (χ4v) is 5.95. The monoisotopic (exact) mass is 481 g/mol. The number of aryl methyl sites for hydroxylation is 3. The van der Waals surface area contributed by atoms with E-state index in [0.29, 0.717) is 28.3 Å². The van der Waals surface area contributed by atoms with E-state index < -0.39 is 18.6 Å². The van der Waals surface area contributed by atoms with Gasteiger partial charge in [-0.3, -0.25) is 14.2 Å². The fraction of sp³-hybridized carbons (Fsp3) is 0.409. The zero-order chi connectivity index (χ0) is 22.7. The SMILES string of the molecule is O=C(CSc1nc2sc3c(c2c(=O)n1CCc1ccccc1)CCCC3)NCC(F)(F)F. The summed E-state index contributed by atoms with van der Waals surface area (Å²) in [6, 6.07) is 9.72. The minimum atomic E-state index is -4.47. The molecule has 2 aromatic heterocycles. The Balaban J connectivity index is 1.63. The van der Waals surface area contributed by atoms with Gasteiger partial charge in [0.25, 0.3) is 5.56 Å². The number of hydrogen-bond donors (Lipinski definition) is 1. The summed E-state index contributed by atoms with van der Waals surface area (Å²) < 4.78 is 38.7. The lowest BCUT2D eigenvalue weighted by atomic mass is 9.97. The second kappa shape index (κ2) is 9.66. The highest BCUT2D eigenvalue weighted by Crippen LogP contribution is 2.34. The summed E-state index contributed by atoms with van der Waals surface area (Å²) in [5.41, 5.74) is 2.01. The highest BCUT2D eigenvalue weighted by Gasteiger charge is 2.28. The Morgan fingerprint density at radius 2 is 1.94 bits per heavy atom. The summed E-state index contributed by atoms with van der Waals surface area (Å²) in [5.74, 6) is -0.994. The molecule has 0 aliphatic heterocycles. The Bertz CT molecular complexity index is 1170. The normalized spacial score (nSPS) is 13.8. The van der Waals surface area contributed by atoms with Gasteiger partial charge in [-0.15, -0.1) is 11.3 Å². The minimum Gasteiger partial charge on any atom is -0.346 e. The van der Waals surface area contributed by atoms with Gasteiger partial charge in [-0.05, 0) is 43.2 Å². The second-order valence-electron chi connectivity index (χ2n) is 7.66. The highest BCUT2D eigenvalue weighted by molar-refractivity contribution is 7.99. The molecule has 3 aromatic rings. The summed E-state index contributed by atoms with van der Waals surface area (Å²) in [5, 5.41) is 2.88. The largest absolute Gasteiger partial charge is 0.405 e. The number of rotatable bonds is 7. The zero-order valence-electron chi connectivity index (χ0n) is 17.2. The predicted octanol–water partition coefficient (Wildman–Crippen LogP) is 4.35. The van der Waals surface area contributed by atoms with E-state index in [2.05, 4.69) is 4.98 Å². The lowest BCUT2D eigenvalue weighted by molar-refractivity contribution is -0.136. The number of halogens is 3. The van der Waals surface area contributed by atoms with Crippen molar-refractivity contribution in [1.82, 2.24) is 14.9 Å². The fourth-order valence-electron chi connectivity index (χ4n) is 3.79. The first-order valence-electron chi connectivity index (χ1n) is 10.4. The van der Waals surface area contributed by atoms with Gasteiger partial charge in [0.2, 0.25) is 5.91 Å². The molecule has 0 atom stereocenters. The van der Waals surface area contributed by atoms with Crippen molar-refractivity contribution in [2.75, 3.05) is 12.3 Å². The first-order valence-corrected chi connectivity index (χ1v) is 12.2. The van der Waals surface area contributed by atoms with Crippen LogP contribution < -0.4 is 10.9 Å². The first kappa shape index (κ1) is 22.8. The average Bonchev–Trinajstić information content (AvgIpc) is 3.14. The van der Waals surface area contributed by atoms with Crippen LogP contribution in [0, 0.1) is 0 Å². The van der Waals surface area contributed by atoms with E-state index in [1.807, 2.05) is 35.6 Å². The van der Waals surface area contributed by atoms with Crippen LogP contribution in [-0.2, 0) is 30.6 Å². The summed E-state index contributed by atoms with van der Waals surface area (Å²) in [6.45, 7) is -1.000. The molecule has 1 aliphatic carbocycles. The van der Waals surface area contributed by atoms with Crippen LogP contribution >= 0.6 is 23.1 Å². The van der Waals surface area contributed by atoms with Crippen LogP contribution in [0.5, 0.6) is 0 Å². The van der Waals surface area contributed by atoms with Crippen LogP contribution in [0.1, 0.15) is 28.8 Å². The third kappa shape index (κ3) is 5.35. The third-order valence-corrected chi connectivity index (χ3v) is 7.49. The molecule has 0 saturated heterocycles. The van der Waals surface area contributed by atoms with Crippen molar-refractivity contribution < 1.29 is 18.0 Å². The van der Waals surface area contributed by atoms with Gasteiger partial charge in [0, 0.05) is 11.4 Å². The number of benzene rings is 1. The van der Waals surface area contributed by atoms with Crippen LogP contribution in [0.4, 0.5) is 13.2 Å². The van der Waals surface area contributed by atoms with Crippen LogP contribution in [0.15, 0.2) is 40.3 Å². The molecule has 0 fully saturated rings. The maximum absolute atomic E-state index is 13.5. The zero-order valence-corrected chi connectivity index (χ0v) is 18.8. The maximum atomic E-state index is 13.5. The summed E-state index contributed by atoms with van der Waals surface area (Å²) >= 11 is 2.51. The molecule has 0 bridgehead atoms. The summed E-state index contributed by atoms with van der Waals surface area (Å²) in [4.78, 5) is 31.9. The molecule has 4 rings (SSSR count). The van der Waals surface area contributed by atoms with Gasteiger partial charge < -0.3 is 5.32 Å². The molecular formula is C22H22F3N3O2S2. The Hall–Kier alpha value is -2.33. The quantitative estimate of drug-likeness (QED) is 0.403. The molecule has 0 saturated carbocycles. The molecule has 1 aliphatic rings. The number of hydrogen-bond acceptors (Lipinski definition) is 5. The summed E-state index contributed by atoms with van der Waals surface area (Å²) in [7, 11) is 0. The van der Waals surface area contributed by atoms with Crippen LogP contribution in [0.3, 0.4) is 0 Å². The van der Waals surface area contributed by atoms with Gasteiger partial charge in [0.05, 0.1) is 11.1 Å².